The van der Waals surface area contributed by atoms with Crippen LogP contribution in [0, 0.1) is 0 Å². The van der Waals surface area contributed by atoms with Gasteiger partial charge in [-0.15, -0.1) is 0 Å². The van der Waals surface area contributed by atoms with E-state index in [0.717, 1.165) is 5.56 Å². The molecule has 0 bridgehead atoms. The maximum absolute atomic E-state index is 13.5. The molecular weight excluding hydrogens is 247 g/mol. The number of halogens is 1. The molecule has 2 N–H and O–H groups in total. The monoisotopic (exact) mass is 266 g/mol. The SMILES string of the molecule is C[C@@]1(N)C[C@@H](F)CN(C(=O)OCc2ccccc2)C1. The number of benzene rings is 1. The second-order valence-electron chi connectivity index (χ2n) is 5.38. The Morgan fingerprint density at radius 1 is 1.53 bits per heavy atom. The van der Waals surface area contributed by atoms with Crippen molar-refractivity contribution < 1.29 is 13.9 Å². The van der Waals surface area contributed by atoms with Gasteiger partial charge in [-0.25, -0.2) is 9.18 Å². The molecule has 2 atom stereocenters. The lowest BCUT2D eigenvalue weighted by atomic mass is 9.91. The van der Waals surface area contributed by atoms with E-state index in [1.807, 2.05) is 30.3 Å². The molecule has 0 unspecified atom stereocenters. The second kappa shape index (κ2) is 5.57. The van der Waals surface area contributed by atoms with Crippen molar-refractivity contribution in [3.8, 4) is 0 Å². The minimum atomic E-state index is -1.09. The number of nitrogens with two attached hydrogens (primary N) is 1. The van der Waals surface area contributed by atoms with Crippen LogP contribution in [-0.2, 0) is 11.3 Å². The fraction of sp³-hybridized carbons (Fsp3) is 0.500. The number of nitrogens with zero attached hydrogens (tertiary/aromatic N) is 1. The lowest BCUT2D eigenvalue weighted by Gasteiger charge is -2.38. The van der Waals surface area contributed by atoms with Crippen LogP contribution in [0.1, 0.15) is 18.9 Å². The highest BCUT2D eigenvalue weighted by atomic mass is 19.1. The van der Waals surface area contributed by atoms with Gasteiger partial charge < -0.3 is 15.4 Å². The van der Waals surface area contributed by atoms with Gasteiger partial charge in [0.05, 0.1) is 6.54 Å². The molecule has 1 heterocycles. The summed E-state index contributed by atoms with van der Waals surface area (Å²) in [6.07, 6.45) is -1.33. The Labute approximate surface area is 112 Å². The number of carbonyl (C=O) groups excluding carboxylic acids is 1. The van der Waals surface area contributed by atoms with Gasteiger partial charge in [-0.2, -0.15) is 0 Å². The highest BCUT2D eigenvalue weighted by Gasteiger charge is 2.36. The highest BCUT2D eigenvalue weighted by molar-refractivity contribution is 5.68. The van der Waals surface area contributed by atoms with Crippen molar-refractivity contribution in [2.45, 2.75) is 31.7 Å². The van der Waals surface area contributed by atoms with Crippen LogP contribution in [0.4, 0.5) is 9.18 Å². The summed E-state index contributed by atoms with van der Waals surface area (Å²) in [5.41, 5.74) is 6.13. The molecule has 1 aromatic carbocycles. The average Bonchev–Trinajstić information content (AvgIpc) is 2.34. The minimum Gasteiger partial charge on any atom is -0.445 e. The van der Waals surface area contributed by atoms with Crippen LogP contribution in [0.2, 0.25) is 0 Å². The van der Waals surface area contributed by atoms with Crippen molar-refractivity contribution in [1.82, 2.24) is 4.90 Å². The predicted octanol–water partition coefficient (Wildman–Crippen LogP) is 2.08. The van der Waals surface area contributed by atoms with Gasteiger partial charge in [-0.1, -0.05) is 30.3 Å². The average molecular weight is 266 g/mol. The molecule has 4 nitrogen and oxygen atoms in total. The summed E-state index contributed by atoms with van der Waals surface area (Å²) in [4.78, 5) is 13.2. The maximum Gasteiger partial charge on any atom is 0.410 e. The van der Waals surface area contributed by atoms with E-state index in [4.69, 9.17) is 10.5 Å². The maximum atomic E-state index is 13.5. The van der Waals surface area contributed by atoms with Gasteiger partial charge in [-0.3, -0.25) is 0 Å². The Balaban J connectivity index is 1.89. The fourth-order valence-electron chi connectivity index (χ4n) is 2.32. The van der Waals surface area contributed by atoms with Crippen LogP contribution in [0.25, 0.3) is 0 Å². The summed E-state index contributed by atoms with van der Waals surface area (Å²) >= 11 is 0. The number of hydrogen-bond donors (Lipinski definition) is 1. The molecule has 0 saturated carbocycles. The molecule has 5 heteroatoms. The smallest absolute Gasteiger partial charge is 0.410 e. The van der Waals surface area contributed by atoms with E-state index >= 15 is 0 Å². The molecule has 0 spiro atoms. The van der Waals surface area contributed by atoms with Gasteiger partial charge in [0.15, 0.2) is 0 Å². The normalized spacial score (nSPS) is 27.1. The van der Waals surface area contributed by atoms with Crippen LogP contribution in [0.15, 0.2) is 30.3 Å². The van der Waals surface area contributed by atoms with Gasteiger partial charge in [0.25, 0.3) is 0 Å². The molecule has 2 rings (SSSR count). The third kappa shape index (κ3) is 3.92. The molecule has 1 saturated heterocycles. The van der Waals surface area contributed by atoms with Gasteiger partial charge >= 0.3 is 6.09 Å². The third-order valence-corrected chi connectivity index (χ3v) is 3.12. The lowest BCUT2D eigenvalue weighted by molar-refractivity contribution is 0.0505. The summed E-state index contributed by atoms with van der Waals surface area (Å²) in [5.74, 6) is 0. The van der Waals surface area contributed by atoms with E-state index in [0.29, 0.717) is 6.54 Å². The zero-order valence-electron chi connectivity index (χ0n) is 11.0. The number of amides is 1. The van der Waals surface area contributed by atoms with E-state index in [-0.39, 0.29) is 19.6 Å². The van der Waals surface area contributed by atoms with Crippen LogP contribution in [0.5, 0.6) is 0 Å². The second-order valence-corrected chi connectivity index (χ2v) is 5.38. The molecule has 1 fully saturated rings. The number of likely N-dealkylation sites (tertiary alicyclic amines) is 1. The number of carbonyl (C=O) groups is 1. The molecule has 1 aromatic rings. The summed E-state index contributed by atoms with van der Waals surface area (Å²) in [5, 5.41) is 0. The van der Waals surface area contributed by atoms with Crippen molar-refractivity contribution in [2.24, 2.45) is 5.73 Å². The van der Waals surface area contributed by atoms with E-state index in [1.54, 1.807) is 6.92 Å². The zero-order valence-corrected chi connectivity index (χ0v) is 11.0. The van der Waals surface area contributed by atoms with Crippen molar-refractivity contribution in [1.29, 1.82) is 0 Å². The number of ether oxygens (including phenoxy) is 1. The Morgan fingerprint density at radius 2 is 2.21 bits per heavy atom. The predicted molar refractivity (Wildman–Crippen MR) is 70.3 cm³/mol. The molecule has 0 aliphatic carbocycles. The van der Waals surface area contributed by atoms with Gasteiger partial charge in [0.1, 0.15) is 12.8 Å². The summed E-state index contributed by atoms with van der Waals surface area (Å²) in [7, 11) is 0. The Morgan fingerprint density at radius 3 is 2.84 bits per heavy atom. The molecular formula is C14H19FN2O2. The molecule has 0 radical (unpaired) electrons. The van der Waals surface area contributed by atoms with Crippen LogP contribution >= 0.6 is 0 Å². The van der Waals surface area contributed by atoms with E-state index in [9.17, 15) is 9.18 Å². The standard InChI is InChI=1S/C14H19FN2O2/c1-14(16)7-12(15)8-17(10-14)13(18)19-9-11-5-3-2-4-6-11/h2-6,12H,7-10,16H2,1H3/t12-,14-/m1/s1. The van der Waals surface area contributed by atoms with Crippen LogP contribution in [-0.4, -0.2) is 35.8 Å². The Hall–Kier alpha value is -1.62. The first-order valence-corrected chi connectivity index (χ1v) is 6.35. The first-order valence-electron chi connectivity index (χ1n) is 6.35. The topological polar surface area (TPSA) is 55.6 Å². The van der Waals surface area contributed by atoms with Crippen molar-refractivity contribution in [3.63, 3.8) is 0 Å². The number of rotatable bonds is 2. The fourth-order valence-corrected chi connectivity index (χ4v) is 2.32. The quantitative estimate of drug-likeness (QED) is 0.891. The molecule has 1 amide bonds. The Bertz CT molecular complexity index is 436. The third-order valence-electron chi connectivity index (χ3n) is 3.12. The van der Waals surface area contributed by atoms with Crippen LogP contribution < -0.4 is 5.73 Å². The Kier molecular flexibility index (Phi) is 4.04. The molecule has 1 aliphatic heterocycles. The van der Waals surface area contributed by atoms with Gasteiger partial charge in [0, 0.05) is 12.1 Å². The summed E-state index contributed by atoms with van der Waals surface area (Å²) in [6, 6.07) is 9.38. The molecule has 1 aliphatic rings. The van der Waals surface area contributed by atoms with Gasteiger partial charge in [0.2, 0.25) is 0 Å². The first-order chi connectivity index (χ1) is 8.96. The number of alkyl halides is 1. The first kappa shape index (κ1) is 13.8. The molecule has 19 heavy (non-hydrogen) atoms. The van der Waals surface area contributed by atoms with E-state index in [1.165, 1.54) is 4.90 Å². The number of piperidine rings is 1. The van der Waals surface area contributed by atoms with E-state index < -0.39 is 17.8 Å². The molecule has 104 valence electrons. The zero-order chi connectivity index (χ0) is 13.9. The van der Waals surface area contributed by atoms with Gasteiger partial charge in [-0.05, 0) is 18.9 Å². The summed E-state index contributed by atoms with van der Waals surface area (Å²) < 4.78 is 18.7. The van der Waals surface area contributed by atoms with Crippen molar-refractivity contribution in [2.75, 3.05) is 13.1 Å². The largest absolute Gasteiger partial charge is 0.445 e. The lowest BCUT2D eigenvalue weighted by Crippen LogP contribution is -2.57. The highest BCUT2D eigenvalue weighted by Crippen LogP contribution is 2.21. The summed E-state index contributed by atoms with van der Waals surface area (Å²) in [6.45, 7) is 2.31. The molecule has 0 aromatic heterocycles. The number of hydrogen-bond acceptors (Lipinski definition) is 3. The van der Waals surface area contributed by atoms with Crippen molar-refractivity contribution in [3.05, 3.63) is 35.9 Å². The van der Waals surface area contributed by atoms with Crippen LogP contribution in [0.3, 0.4) is 0 Å². The van der Waals surface area contributed by atoms with Crippen molar-refractivity contribution >= 4 is 6.09 Å². The van der Waals surface area contributed by atoms with E-state index in [2.05, 4.69) is 0 Å². The minimum absolute atomic E-state index is 0.0560.